The molecule has 0 unspecified atom stereocenters. The summed E-state index contributed by atoms with van der Waals surface area (Å²) >= 11 is 6.08. The lowest BCUT2D eigenvalue weighted by molar-refractivity contribution is -0.0356. The van der Waals surface area contributed by atoms with Crippen LogP contribution in [0, 0.1) is 0 Å². The van der Waals surface area contributed by atoms with Crippen LogP contribution in [0.4, 0.5) is 4.79 Å². The number of likely N-dealkylation sites (tertiary alicyclic amines) is 1. The molecule has 0 atom stereocenters. The summed E-state index contributed by atoms with van der Waals surface area (Å²) in [6, 6.07) is 17.3. The molecule has 0 spiro atoms. The van der Waals surface area contributed by atoms with Crippen LogP contribution in [0.1, 0.15) is 24.5 Å². The number of hydroxylamine groups is 2. The van der Waals surface area contributed by atoms with Crippen molar-refractivity contribution in [3.8, 4) is 22.7 Å². The van der Waals surface area contributed by atoms with Crippen molar-refractivity contribution in [1.82, 2.24) is 19.7 Å². The average molecular weight is 441 g/mol. The highest BCUT2D eigenvalue weighted by Crippen LogP contribution is 2.33. The first-order valence-corrected chi connectivity index (χ1v) is 10.6. The minimum atomic E-state index is -0.371. The van der Waals surface area contributed by atoms with E-state index in [1.54, 1.807) is 12.0 Å². The van der Waals surface area contributed by atoms with E-state index in [2.05, 4.69) is 6.07 Å². The van der Waals surface area contributed by atoms with E-state index in [9.17, 15) is 10.0 Å². The molecule has 1 fully saturated rings. The second kappa shape index (κ2) is 8.99. The molecule has 0 bridgehead atoms. The molecule has 1 saturated heterocycles. The van der Waals surface area contributed by atoms with E-state index in [1.807, 2.05) is 53.2 Å². The number of amides is 2. The van der Waals surface area contributed by atoms with Gasteiger partial charge in [-0.15, -0.1) is 0 Å². The summed E-state index contributed by atoms with van der Waals surface area (Å²) in [6.07, 6.45) is 1.58. The summed E-state index contributed by atoms with van der Waals surface area (Å²) in [5, 5.41) is 15.7. The highest BCUT2D eigenvalue weighted by atomic mass is 35.5. The Bertz CT molecular complexity index is 1040. The summed E-state index contributed by atoms with van der Waals surface area (Å²) in [5.74, 6) is 1.03. The minimum Gasteiger partial charge on any atom is -0.497 e. The van der Waals surface area contributed by atoms with Crippen LogP contribution in [0.3, 0.4) is 0 Å². The molecule has 1 aromatic heterocycles. The Morgan fingerprint density at radius 1 is 1.13 bits per heavy atom. The Labute approximate surface area is 186 Å². The summed E-state index contributed by atoms with van der Waals surface area (Å²) in [6.45, 7) is 1.17. The van der Waals surface area contributed by atoms with Crippen LogP contribution in [0.25, 0.3) is 16.9 Å². The molecule has 0 aliphatic carbocycles. The van der Waals surface area contributed by atoms with E-state index in [-0.39, 0.29) is 11.9 Å². The van der Waals surface area contributed by atoms with Gasteiger partial charge in [-0.2, -0.15) is 5.10 Å². The molecule has 0 saturated carbocycles. The predicted octanol–water partition coefficient (Wildman–Crippen LogP) is 4.82. The third kappa shape index (κ3) is 4.52. The van der Waals surface area contributed by atoms with Crippen molar-refractivity contribution in [2.45, 2.75) is 18.8 Å². The van der Waals surface area contributed by atoms with Crippen molar-refractivity contribution < 1.29 is 14.7 Å². The first kappa shape index (κ1) is 21.2. The van der Waals surface area contributed by atoms with E-state index < -0.39 is 0 Å². The number of hydrogen-bond acceptors (Lipinski definition) is 4. The zero-order valence-corrected chi connectivity index (χ0v) is 18.3. The highest BCUT2D eigenvalue weighted by Gasteiger charge is 2.27. The summed E-state index contributed by atoms with van der Waals surface area (Å²) in [7, 11) is 3.00. The summed E-state index contributed by atoms with van der Waals surface area (Å²) in [5.41, 5.74) is 3.93. The van der Waals surface area contributed by atoms with Gasteiger partial charge in [-0.05, 0) is 67.4 Å². The number of rotatable bonds is 4. The number of nitrogens with zero attached hydrogens (tertiary/aromatic N) is 4. The van der Waals surface area contributed by atoms with Gasteiger partial charge < -0.3 is 9.64 Å². The van der Waals surface area contributed by atoms with Gasteiger partial charge in [-0.1, -0.05) is 11.6 Å². The van der Waals surface area contributed by atoms with Crippen molar-refractivity contribution >= 4 is 17.6 Å². The number of ether oxygens (including phenoxy) is 1. The molecular weight excluding hydrogens is 416 g/mol. The molecular formula is C23H25ClN4O3. The fourth-order valence-electron chi connectivity index (χ4n) is 3.92. The van der Waals surface area contributed by atoms with Gasteiger partial charge in [-0.3, -0.25) is 5.21 Å². The van der Waals surface area contributed by atoms with Crippen molar-refractivity contribution in [3.05, 3.63) is 65.3 Å². The molecule has 4 rings (SSSR count). The minimum absolute atomic E-state index is 0.235. The zero-order valence-electron chi connectivity index (χ0n) is 17.5. The van der Waals surface area contributed by atoms with E-state index in [1.165, 1.54) is 7.05 Å². The third-order valence-electron chi connectivity index (χ3n) is 5.65. The second-order valence-corrected chi connectivity index (χ2v) is 8.08. The summed E-state index contributed by atoms with van der Waals surface area (Å²) < 4.78 is 7.23. The van der Waals surface area contributed by atoms with Gasteiger partial charge >= 0.3 is 6.03 Å². The van der Waals surface area contributed by atoms with Crippen LogP contribution in [-0.2, 0) is 0 Å². The average Bonchev–Trinajstić information content (AvgIpc) is 3.24. The van der Waals surface area contributed by atoms with Gasteiger partial charge in [0.15, 0.2) is 0 Å². The maximum Gasteiger partial charge on any atom is 0.343 e. The number of aromatic nitrogens is 2. The Balaban J connectivity index is 1.65. The number of carbonyl (C=O) groups is 1. The quantitative estimate of drug-likeness (QED) is 0.466. The van der Waals surface area contributed by atoms with Crippen molar-refractivity contribution in [1.29, 1.82) is 0 Å². The lowest BCUT2D eigenvalue weighted by atomic mass is 9.93. The molecule has 1 aliphatic heterocycles. The van der Waals surface area contributed by atoms with E-state index in [4.69, 9.17) is 21.4 Å². The van der Waals surface area contributed by atoms with Gasteiger partial charge in [0.1, 0.15) is 5.75 Å². The smallest absolute Gasteiger partial charge is 0.343 e. The van der Waals surface area contributed by atoms with Gasteiger partial charge in [0.2, 0.25) is 0 Å². The van der Waals surface area contributed by atoms with E-state index in [0.29, 0.717) is 23.2 Å². The lowest BCUT2D eigenvalue weighted by Gasteiger charge is -2.32. The van der Waals surface area contributed by atoms with Gasteiger partial charge in [0.05, 0.1) is 24.2 Å². The maximum absolute atomic E-state index is 12.0. The molecule has 0 radical (unpaired) electrons. The third-order valence-corrected chi connectivity index (χ3v) is 5.90. The van der Waals surface area contributed by atoms with E-state index >= 15 is 0 Å². The molecule has 3 aromatic rings. The number of piperidine rings is 1. The Morgan fingerprint density at radius 2 is 1.77 bits per heavy atom. The van der Waals surface area contributed by atoms with Crippen LogP contribution in [0.2, 0.25) is 5.02 Å². The van der Waals surface area contributed by atoms with Crippen LogP contribution in [0.15, 0.2) is 54.6 Å². The first-order chi connectivity index (χ1) is 15.0. The van der Waals surface area contributed by atoms with Crippen molar-refractivity contribution in [3.63, 3.8) is 0 Å². The lowest BCUT2D eigenvalue weighted by Crippen LogP contribution is -2.43. The molecule has 2 amide bonds. The molecule has 7 nitrogen and oxygen atoms in total. The molecule has 1 N–H and O–H groups in total. The zero-order chi connectivity index (χ0) is 22.0. The first-order valence-electron chi connectivity index (χ1n) is 10.2. The molecule has 162 valence electrons. The van der Waals surface area contributed by atoms with Crippen LogP contribution in [-0.4, -0.2) is 58.2 Å². The number of hydrogen-bond donors (Lipinski definition) is 1. The fourth-order valence-corrected chi connectivity index (χ4v) is 4.04. The molecule has 2 aromatic carbocycles. The SMILES string of the molecule is COc1ccc(-c2cc(C3CCN(C(=O)N(C)O)CC3)nn2-c2ccc(Cl)cc2)cc1. The van der Waals surface area contributed by atoms with Crippen LogP contribution in [0.5, 0.6) is 5.75 Å². The van der Waals surface area contributed by atoms with Gasteiger partial charge in [0.25, 0.3) is 0 Å². The molecule has 8 heteroatoms. The van der Waals surface area contributed by atoms with Gasteiger partial charge in [-0.25, -0.2) is 14.5 Å². The normalized spacial score (nSPS) is 14.5. The highest BCUT2D eigenvalue weighted by molar-refractivity contribution is 6.30. The molecule has 31 heavy (non-hydrogen) atoms. The molecule has 2 heterocycles. The second-order valence-electron chi connectivity index (χ2n) is 7.64. The summed E-state index contributed by atoms with van der Waals surface area (Å²) in [4.78, 5) is 13.7. The van der Waals surface area contributed by atoms with E-state index in [0.717, 1.165) is 41.2 Å². The standard InChI is InChI=1S/C23H25ClN4O3/c1-26(30)23(29)27-13-11-16(12-14-27)21-15-22(17-3-9-20(31-2)10-4-17)28(25-21)19-7-5-18(24)6-8-19/h3-10,15-16,30H,11-14H2,1-2H3. The maximum atomic E-state index is 12.0. The van der Waals surface area contributed by atoms with Crippen LogP contribution >= 0.6 is 11.6 Å². The van der Waals surface area contributed by atoms with Crippen molar-refractivity contribution in [2.75, 3.05) is 27.2 Å². The number of urea groups is 1. The fraction of sp³-hybridized carbons (Fsp3) is 0.304. The molecule has 1 aliphatic rings. The van der Waals surface area contributed by atoms with Gasteiger partial charge in [0, 0.05) is 36.6 Å². The predicted molar refractivity (Wildman–Crippen MR) is 119 cm³/mol. The number of carbonyl (C=O) groups excluding carboxylic acids is 1. The largest absolute Gasteiger partial charge is 0.497 e. The van der Waals surface area contributed by atoms with Crippen molar-refractivity contribution in [2.24, 2.45) is 0 Å². The number of halogens is 1. The van der Waals surface area contributed by atoms with Crippen LogP contribution < -0.4 is 4.74 Å². The Hall–Kier alpha value is -3.03. The monoisotopic (exact) mass is 440 g/mol. The number of methoxy groups -OCH3 is 1. The number of benzene rings is 2. The Morgan fingerprint density at radius 3 is 2.35 bits per heavy atom. The topological polar surface area (TPSA) is 70.8 Å². The Kier molecular flexibility index (Phi) is 6.15.